The molecule has 1 heterocycles. The summed E-state index contributed by atoms with van der Waals surface area (Å²) in [6.07, 6.45) is 0.798. The van der Waals surface area contributed by atoms with E-state index in [0.717, 1.165) is 11.3 Å². The predicted octanol–water partition coefficient (Wildman–Crippen LogP) is 2.71. The monoisotopic (exact) mass is 475 g/mol. The number of carbonyl (C=O) groups excluding carboxylic acids is 4. The van der Waals surface area contributed by atoms with Crippen molar-refractivity contribution >= 4 is 29.5 Å². The zero-order chi connectivity index (χ0) is 25.3. The third-order valence-electron chi connectivity index (χ3n) is 6.25. The first-order chi connectivity index (χ1) is 15.9. The number of hydrogen-bond acceptors (Lipinski definition) is 7. The van der Waals surface area contributed by atoms with Crippen molar-refractivity contribution in [1.29, 1.82) is 0 Å². The molecule has 1 aromatic carbocycles. The number of rotatable bonds is 7. The lowest BCUT2D eigenvalue weighted by Crippen LogP contribution is -2.54. The molecule has 1 aromatic rings. The molecule has 2 fully saturated rings. The largest absolute Gasteiger partial charge is 0.497 e. The van der Waals surface area contributed by atoms with Crippen LogP contribution in [0.3, 0.4) is 0 Å². The predicted molar refractivity (Wildman–Crippen MR) is 124 cm³/mol. The van der Waals surface area contributed by atoms with Gasteiger partial charge in [-0.3, -0.25) is 19.3 Å². The number of carbonyl (C=O) groups is 4. The number of urea groups is 1. The number of nitrogens with one attached hydrogen (secondary N) is 2. The zero-order valence-electron chi connectivity index (χ0n) is 20.5. The van der Waals surface area contributed by atoms with Crippen molar-refractivity contribution in [1.82, 2.24) is 10.2 Å². The first kappa shape index (κ1) is 25.3. The van der Waals surface area contributed by atoms with E-state index in [2.05, 4.69) is 31.4 Å². The molecule has 3 unspecified atom stereocenters. The molecule has 1 spiro atoms. The van der Waals surface area contributed by atoms with Crippen molar-refractivity contribution in [2.45, 2.75) is 58.6 Å². The van der Waals surface area contributed by atoms with E-state index in [1.54, 1.807) is 18.2 Å². The van der Waals surface area contributed by atoms with Crippen LogP contribution >= 0.6 is 0 Å². The molecule has 3 rings (SSSR count). The van der Waals surface area contributed by atoms with Gasteiger partial charge in [0.25, 0.3) is 11.8 Å². The van der Waals surface area contributed by atoms with Crippen molar-refractivity contribution in [2.24, 2.45) is 11.3 Å². The number of nitrogens with zero attached hydrogens (tertiary/aromatic N) is 1. The van der Waals surface area contributed by atoms with Gasteiger partial charge in [0, 0.05) is 6.07 Å². The summed E-state index contributed by atoms with van der Waals surface area (Å²) in [6, 6.07) is 4.26. The Morgan fingerprint density at radius 1 is 1.21 bits per heavy atom. The minimum atomic E-state index is -1.17. The van der Waals surface area contributed by atoms with Crippen molar-refractivity contribution in [3.8, 4) is 11.5 Å². The number of ether oxygens (including phenoxy) is 3. The highest BCUT2D eigenvalue weighted by Gasteiger charge is 2.56. The Balaban J connectivity index is 1.62. The molecule has 1 aliphatic heterocycles. The standard InChI is InChI=1S/C24H33N3O7/c1-14-10-23(3,4)13-24(11-14)21(30)27(22(31)26-24)12-19(28)34-15(2)20(29)25-17-9-16(32-5)7-8-18(17)33-6/h7-9,14-15H,10-13H2,1-6H3,(H,25,29)(H,26,31). The van der Waals surface area contributed by atoms with Crippen LogP contribution in [0.4, 0.5) is 10.5 Å². The maximum atomic E-state index is 13.2. The summed E-state index contributed by atoms with van der Waals surface area (Å²) in [5, 5.41) is 5.45. The summed E-state index contributed by atoms with van der Waals surface area (Å²) in [5.41, 5.74) is -0.783. The van der Waals surface area contributed by atoms with Crippen LogP contribution in [0.15, 0.2) is 18.2 Å². The minimum absolute atomic E-state index is 0.120. The van der Waals surface area contributed by atoms with Crippen LogP contribution in [0, 0.1) is 11.3 Å². The van der Waals surface area contributed by atoms with Gasteiger partial charge in [-0.05, 0) is 49.7 Å². The molecule has 34 heavy (non-hydrogen) atoms. The molecule has 4 amide bonds. The van der Waals surface area contributed by atoms with Crippen LogP contribution in [-0.2, 0) is 19.1 Å². The van der Waals surface area contributed by atoms with Crippen LogP contribution < -0.4 is 20.1 Å². The summed E-state index contributed by atoms with van der Waals surface area (Å²) in [5.74, 6) is -0.722. The number of methoxy groups -OCH3 is 2. The van der Waals surface area contributed by atoms with Crippen molar-refractivity contribution in [3.05, 3.63) is 18.2 Å². The zero-order valence-corrected chi connectivity index (χ0v) is 20.5. The fourth-order valence-corrected chi connectivity index (χ4v) is 5.21. The van der Waals surface area contributed by atoms with E-state index in [9.17, 15) is 19.2 Å². The minimum Gasteiger partial charge on any atom is -0.497 e. The number of benzene rings is 1. The molecule has 10 heteroatoms. The molecule has 1 saturated heterocycles. The highest BCUT2D eigenvalue weighted by molar-refractivity contribution is 6.09. The van der Waals surface area contributed by atoms with Gasteiger partial charge in [0.2, 0.25) is 0 Å². The van der Waals surface area contributed by atoms with Crippen molar-refractivity contribution in [3.63, 3.8) is 0 Å². The second-order valence-electron chi connectivity index (χ2n) is 9.95. The molecule has 0 aromatic heterocycles. The van der Waals surface area contributed by atoms with Crippen LogP contribution in [0.5, 0.6) is 11.5 Å². The van der Waals surface area contributed by atoms with Gasteiger partial charge < -0.3 is 24.8 Å². The molecule has 0 radical (unpaired) electrons. The molecule has 186 valence electrons. The Labute approximate surface area is 199 Å². The Hall–Kier alpha value is -3.30. The van der Waals surface area contributed by atoms with E-state index >= 15 is 0 Å². The van der Waals surface area contributed by atoms with Crippen LogP contribution in [0.25, 0.3) is 0 Å². The molecule has 3 atom stereocenters. The number of imide groups is 1. The first-order valence-electron chi connectivity index (χ1n) is 11.3. The maximum Gasteiger partial charge on any atom is 0.327 e. The van der Waals surface area contributed by atoms with Crippen LogP contribution in [0.2, 0.25) is 0 Å². The molecule has 2 N–H and O–H groups in total. The molecule has 1 saturated carbocycles. The van der Waals surface area contributed by atoms with E-state index in [1.807, 2.05) is 0 Å². The summed E-state index contributed by atoms with van der Waals surface area (Å²) in [6.45, 7) is 7.02. The molecule has 0 bridgehead atoms. The second-order valence-corrected chi connectivity index (χ2v) is 9.95. The quantitative estimate of drug-likeness (QED) is 0.459. The van der Waals surface area contributed by atoms with Gasteiger partial charge in [-0.25, -0.2) is 4.79 Å². The topological polar surface area (TPSA) is 123 Å². The molecular formula is C24H33N3O7. The van der Waals surface area contributed by atoms with E-state index in [4.69, 9.17) is 14.2 Å². The van der Waals surface area contributed by atoms with E-state index in [-0.39, 0.29) is 11.3 Å². The number of esters is 1. The summed E-state index contributed by atoms with van der Waals surface area (Å²) in [4.78, 5) is 51.8. The summed E-state index contributed by atoms with van der Waals surface area (Å²) < 4.78 is 15.6. The Kier molecular flexibility index (Phi) is 7.09. The molecule has 2 aliphatic rings. The van der Waals surface area contributed by atoms with E-state index < -0.39 is 42.0 Å². The summed E-state index contributed by atoms with van der Waals surface area (Å²) >= 11 is 0. The van der Waals surface area contributed by atoms with Gasteiger partial charge in [0.15, 0.2) is 6.10 Å². The normalized spacial score (nSPS) is 24.4. The van der Waals surface area contributed by atoms with Gasteiger partial charge in [0.1, 0.15) is 23.6 Å². The molecular weight excluding hydrogens is 442 g/mol. The fraction of sp³-hybridized carbons (Fsp3) is 0.583. The number of hydrogen-bond donors (Lipinski definition) is 2. The Morgan fingerprint density at radius 3 is 2.53 bits per heavy atom. The van der Waals surface area contributed by atoms with Gasteiger partial charge in [-0.15, -0.1) is 0 Å². The highest BCUT2D eigenvalue weighted by Crippen LogP contribution is 2.46. The van der Waals surface area contributed by atoms with Crippen molar-refractivity contribution < 1.29 is 33.4 Å². The fourth-order valence-electron chi connectivity index (χ4n) is 5.21. The lowest BCUT2D eigenvalue weighted by molar-refractivity contribution is -0.155. The average molecular weight is 476 g/mol. The molecule has 1 aliphatic carbocycles. The van der Waals surface area contributed by atoms with E-state index in [1.165, 1.54) is 21.1 Å². The molecule has 10 nitrogen and oxygen atoms in total. The lowest BCUT2D eigenvalue weighted by atomic mass is 9.64. The average Bonchev–Trinajstić information content (AvgIpc) is 2.95. The summed E-state index contributed by atoms with van der Waals surface area (Å²) in [7, 11) is 2.95. The third-order valence-corrected chi connectivity index (χ3v) is 6.25. The second kappa shape index (κ2) is 9.52. The van der Waals surface area contributed by atoms with E-state index in [0.29, 0.717) is 30.0 Å². The third kappa shape index (κ3) is 5.26. The van der Waals surface area contributed by atoms with Crippen molar-refractivity contribution in [2.75, 3.05) is 26.1 Å². The Morgan fingerprint density at radius 2 is 1.91 bits per heavy atom. The van der Waals surface area contributed by atoms with Crippen LogP contribution in [0.1, 0.15) is 47.0 Å². The first-order valence-corrected chi connectivity index (χ1v) is 11.3. The smallest absolute Gasteiger partial charge is 0.327 e. The van der Waals surface area contributed by atoms with Gasteiger partial charge in [0.05, 0.1) is 19.9 Å². The highest BCUT2D eigenvalue weighted by atomic mass is 16.5. The maximum absolute atomic E-state index is 13.2. The SMILES string of the molecule is COc1ccc(OC)c(NC(=O)C(C)OC(=O)CN2C(=O)NC3(CC(C)CC(C)(C)C3)C2=O)c1. The lowest BCUT2D eigenvalue weighted by Gasteiger charge is -2.43. The van der Waals surface area contributed by atoms with Gasteiger partial charge in [-0.2, -0.15) is 0 Å². The number of amides is 4. The van der Waals surface area contributed by atoms with Crippen LogP contribution in [-0.4, -0.2) is 61.1 Å². The number of anilines is 1. The van der Waals surface area contributed by atoms with Gasteiger partial charge in [-0.1, -0.05) is 20.8 Å². The Bertz CT molecular complexity index is 993. The van der Waals surface area contributed by atoms with Gasteiger partial charge >= 0.3 is 12.0 Å².